The van der Waals surface area contributed by atoms with Crippen molar-refractivity contribution in [1.29, 1.82) is 0 Å². The summed E-state index contributed by atoms with van der Waals surface area (Å²) in [5.41, 5.74) is 2.33. The highest BCUT2D eigenvalue weighted by atomic mass is 19.1. The van der Waals surface area contributed by atoms with Crippen LogP contribution in [0.4, 0.5) is 10.1 Å². The number of carbonyl (C=O) groups excluding carboxylic acids is 2. The molecule has 0 spiro atoms. The summed E-state index contributed by atoms with van der Waals surface area (Å²) in [6.07, 6.45) is 2.04. The first-order chi connectivity index (χ1) is 12.1. The van der Waals surface area contributed by atoms with Crippen molar-refractivity contribution in [3.63, 3.8) is 0 Å². The SMILES string of the molecule is O=C1CCC(N2Cc3ccc(N4CC5CC(C4)N5)c(F)c3C2)C(=O)N1. The normalized spacial score (nSPS) is 31.6. The third kappa shape index (κ3) is 2.45. The number of nitrogens with one attached hydrogen (secondary N) is 2. The first kappa shape index (κ1) is 15.3. The molecule has 3 unspecified atom stereocenters. The van der Waals surface area contributed by atoms with Crippen molar-refractivity contribution in [2.45, 2.75) is 50.5 Å². The van der Waals surface area contributed by atoms with Gasteiger partial charge in [-0.3, -0.25) is 19.8 Å². The number of piperidine rings is 2. The first-order valence-electron chi connectivity index (χ1n) is 8.97. The van der Waals surface area contributed by atoms with Gasteiger partial charge in [0.05, 0.1) is 11.7 Å². The molecule has 4 fully saturated rings. The molecule has 2 amide bonds. The minimum atomic E-state index is -0.347. The largest absolute Gasteiger partial charge is 0.366 e. The van der Waals surface area contributed by atoms with Gasteiger partial charge in [-0.15, -0.1) is 0 Å². The zero-order chi connectivity index (χ0) is 17.1. The standard InChI is InChI=1S/C18H21FN4O2/c19-17-13-9-22(15-3-4-16(24)21-18(15)25)6-10(13)1-2-14(17)23-7-11-5-12(8-23)20-11/h1-2,11-12,15,20H,3-9H2,(H,21,24,25). The molecule has 2 bridgehead atoms. The van der Waals surface area contributed by atoms with Crippen LogP contribution in [-0.4, -0.2) is 47.9 Å². The van der Waals surface area contributed by atoms with Crippen molar-refractivity contribution in [1.82, 2.24) is 15.5 Å². The lowest BCUT2D eigenvalue weighted by Gasteiger charge is -2.49. The molecule has 5 aliphatic rings. The molecule has 0 saturated carbocycles. The molecule has 0 radical (unpaired) electrons. The molecule has 1 aromatic rings. The predicted molar refractivity (Wildman–Crippen MR) is 89.4 cm³/mol. The van der Waals surface area contributed by atoms with Crippen molar-refractivity contribution < 1.29 is 14.0 Å². The summed E-state index contributed by atoms with van der Waals surface area (Å²) < 4.78 is 15.2. The number of imide groups is 1. The average molecular weight is 344 g/mol. The van der Waals surface area contributed by atoms with E-state index in [1.807, 2.05) is 17.0 Å². The second-order valence-electron chi connectivity index (χ2n) is 7.61. The number of piperazine rings is 1. The Morgan fingerprint density at radius 3 is 2.60 bits per heavy atom. The number of rotatable bonds is 2. The maximum atomic E-state index is 15.2. The summed E-state index contributed by atoms with van der Waals surface area (Å²) in [4.78, 5) is 27.6. The number of amides is 2. The van der Waals surface area contributed by atoms with Gasteiger partial charge in [0.15, 0.2) is 5.82 Å². The summed E-state index contributed by atoms with van der Waals surface area (Å²) >= 11 is 0. The van der Waals surface area contributed by atoms with Crippen LogP contribution in [0.1, 0.15) is 30.4 Å². The third-order valence-corrected chi connectivity index (χ3v) is 5.97. The van der Waals surface area contributed by atoms with E-state index in [-0.39, 0.29) is 23.7 Å². The first-order valence-corrected chi connectivity index (χ1v) is 8.97. The summed E-state index contributed by atoms with van der Waals surface area (Å²) in [5.74, 6) is -0.621. The van der Waals surface area contributed by atoms with Crippen LogP contribution in [0.2, 0.25) is 0 Å². The number of fused-ring (bicyclic) bond motifs is 3. The van der Waals surface area contributed by atoms with Gasteiger partial charge in [0.1, 0.15) is 0 Å². The third-order valence-electron chi connectivity index (χ3n) is 5.97. The van der Waals surface area contributed by atoms with E-state index in [1.165, 1.54) is 6.42 Å². The summed E-state index contributed by atoms with van der Waals surface area (Å²) in [6.45, 7) is 2.69. The monoisotopic (exact) mass is 344 g/mol. The molecule has 5 heterocycles. The fourth-order valence-corrected chi connectivity index (χ4v) is 4.65. The summed E-state index contributed by atoms with van der Waals surface area (Å²) in [7, 11) is 0. The van der Waals surface area contributed by atoms with E-state index in [1.54, 1.807) is 0 Å². The van der Waals surface area contributed by atoms with Crippen molar-refractivity contribution in [2.75, 3.05) is 18.0 Å². The number of hydrogen-bond acceptors (Lipinski definition) is 5. The highest BCUT2D eigenvalue weighted by Gasteiger charge is 2.39. The Hall–Kier alpha value is -1.99. The Kier molecular flexibility index (Phi) is 3.36. The van der Waals surface area contributed by atoms with Crippen LogP contribution < -0.4 is 15.5 Å². The number of anilines is 1. The maximum absolute atomic E-state index is 15.2. The van der Waals surface area contributed by atoms with Crippen molar-refractivity contribution in [3.05, 3.63) is 29.1 Å². The van der Waals surface area contributed by atoms with Gasteiger partial charge >= 0.3 is 0 Å². The van der Waals surface area contributed by atoms with Crippen LogP contribution in [0, 0.1) is 5.82 Å². The smallest absolute Gasteiger partial charge is 0.243 e. The topological polar surface area (TPSA) is 64.7 Å². The van der Waals surface area contributed by atoms with Gasteiger partial charge in [0.25, 0.3) is 0 Å². The van der Waals surface area contributed by atoms with E-state index < -0.39 is 0 Å². The van der Waals surface area contributed by atoms with Gasteiger partial charge in [0.2, 0.25) is 11.8 Å². The molecule has 7 heteroatoms. The van der Waals surface area contributed by atoms with E-state index >= 15 is 4.39 Å². The maximum Gasteiger partial charge on any atom is 0.243 e. The van der Waals surface area contributed by atoms with E-state index in [0.717, 1.165) is 18.7 Å². The average Bonchev–Trinajstić information content (AvgIpc) is 2.99. The fraction of sp³-hybridized carbons (Fsp3) is 0.556. The molecule has 6 nitrogen and oxygen atoms in total. The van der Waals surface area contributed by atoms with Crippen LogP contribution in [0.15, 0.2) is 12.1 Å². The van der Waals surface area contributed by atoms with Crippen molar-refractivity contribution in [3.8, 4) is 0 Å². The highest BCUT2D eigenvalue weighted by molar-refractivity contribution is 6.00. The minimum Gasteiger partial charge on any atom is -0.366 e. The van der Waals surface area contributed by atoms with Crippen LogP contribution in [0.25, 0.3) is 0 Å². The molecule has 1 aromatic carbocycles. The van der Waals surface area contributed by atoms with Crippen LogP contribution in [0.3, 0.4) is 0 Å². The van der Waals surface area contributed by atoms with E-state index in [2.05, 4.69) is 15.5 Å². The zero-order valence-electron chi connectivity index (χ0n) is 13.9. The molecule has 4 saturated heterocycles. The number of nitrogens with zero attached hydrogens (tertiary/aromatic N) is 2. The molecular weight excluding hydrogens is 323 g/mol. The van der Waals surface area contributed by atoms with Gasteiger partial charge in [-0.25, -0.2) is 4.39 Å². The second-order valence-corrected chi connectivity index (χ2v) is 7.61. The number of halogens is 1. The van der Waals surface area contributed by atoms with Crippen LogP contribution in [-0.2, 0) is 22.7 Å². The van der Waals surface area contributed by atoms with Gasteiger partial charge in [0, 0.05) is 50.2 Å². The van der Waals surface area contributed by atoms with E-state index in [4.69, 9.17) is 0 Å². The van der Waals surface area contributed by atoms with Gasteiger partial charge in [-0.2, -0.15) is 0 Å². The number of hydrogen-bond donors (Lipinski definition) is 2. The van der Waals surface area contributed by atoms with E-state index in [9.17, 15) is 9.59 Å². The highest BCUT2D eigenvalue weighted by Crippen LogP contribution is 2.35. The molecule has 132 valence electrons. The molecule has 2 N–H and O–H groups in total. The summed E-state index contributed by atoms with van der Waals surface area (Å²) in [6, 6.07) is 4.48. The Morgan fingerprint density at radius 2 is 1.88 bits per heavy atom. The molecule has 25 heavy (non-hydrogen) atoms. The zero-order valence-corrected chi connectivity index (χ0v) is 13.9. The van der Waals surface area contributed by atoms with Gasteiger partial charge in [-0.1, -0.05) is 6.07 Å². The van der Waals surface area contributed by atoms with Crippen molar-refractivity contribution >= 4 is 17.5 Å². The van der Waals surface area contributed by atoms with Crippen LogP contribution >= 0.6 is 0 Å². The molecule has 0 aliphatic carbocycles. The number of carbonyl (C=O) groups is 2. The molecular formula is C18H21FN4O2. The van der Waals surface area contributed by atoms with Gasteiger partial charge < -0.3 is 10.2 Å². The Morgan fingerprint density at radius 1 is 1.12 bits per heavy atom. The molecule has 6 rings (SSSR count). The van der Waals surface area contributed by atoms with Gasteiger partial charge in [-0.05, 0) is 24.5 Å². The molecule has 0 aromatic heterocycles. The summed E-state index contributed by atoms with van der Waals surface area (Å²) in [5, 5.41) is 5.86. The quantitative estimate of drug-likeness (QED) is 0.765. The van der Waals surface area contributed by atoms with Crippen LogP contribution in [0.5, 0.6) is 0 Å². The molecule has 3 atom stereocenters. The van der Waals surface area contributed by atoms with Crippen molar-refractivity contribution in [2.24, 2.45) is 0 Å². The fourth-order valence-electron chi connectivity index (χ4n) is 4.65. The lowest BCUT2D eigenvalue weighted by Crippen LogP contribution is -2.67. The Bertz CT molecular complexity index is 752. The Labute approximate surface area is 145 Å². The Balaban J connectivity index is 1.37. The molecule has 5 aliphatic heterocycles. The second kappa shape index (κ2) is 5.51. The number of benzene rings is 1. The lowest BCUT2D eigenvalue weighted by molar-refractivity contribution is -0.137. The predicted octanol–water partition coefficient (Wildman–Crippen LogP) is 0.497. The minimum absolute atomic E-state index is 0.145. The lowest BCUT2D eigenvalue weighted by atomic mass is 9.90. The van der Waals surface area contributed by atoms with E-state index in [0.29, 0.717) is 49.3 Å².